The first-order valence-electron chi connectivity index (χ1n) is 10.9. The highest BCUT2D eigenvalue weighted by atomic mass is 32.2. The Balaban J connectivity index is 1.70. The number of nitrogens with zero attached hydrogens (tertiary/aromatic N) is 2. The molecule has 1 N–H and O–H groups in total. The van der Waals surface area contributed by atoms with Crippen LogP contribution in [0.1, 0.15) is 34.6 Å². The maximum Gasteiger partial charge on any atom is 0.279 e. The van der Waals surface area contributed by atoms with Crippen molar-refractivity contribution in [1.82, 2.24) is 9.55 Å². The van der Waals surface area contributed by atoms with E-state index in [9.17, 15) is 9.59 Å². The molecule has 3 aromatic rings. The van der Waals surface area contributed by atoms with E-state index in [2.05, 4.69) is 35.9 Å². The SMILES string of the molecule is C=CCOc1ccc([C@@H]2CC(=O)Nc3c2c(=O)nc(SCc2ccccc2C)n3C)cc1OC. The summed E-state index contributed by atoms with van der Waals surface area (Å²) in [5.74, 6) is 1.67. The lowest BCUT2D eigenvalue weighted by Gasteiger charge is -2.28. The number of hydrogen-bond donors (Lipinski definition) is 1. The number of rotatable bonds is 8. The molecule has 2 heterocycles. The molecule has 1 atom stereocenters. The number of anilines is 1. The van der Waals surface area contributed by atoms with E-state index in [1.54, 1.807) is 23.8 Å². The number of ether oxygens (including phenoxy) is 2. The number of nitrogens with one attached hydrogen (secondary N) is 1. The van der Waals surface area contributed by atoms with Crippen LogP contribution < -0.4 is 20.3 Å². The van der Waals surface area contributed by atoms with Crippen LogP contribution in [0.5, 0.6) is 11.5 Å². The van der Waals surface area contributed by atoms with Crippen molar-refractivity contribution in [3.8, 4) is 11.5 Å². The summed E-state index contributed by atoms with van der Waals surface area (Å²) in [5.41, 5.74) is 3.28. The molecule has 4 rings (SSSR count). The topological polar surface area (TPSA) is 82.5 Å². The van der Waals surface area contributed by atoms with E-state index in [4.69, 9.17) is 9.47 Å². The smallest absolute Gasteiger partial charge is 0.279 e. The number of benzene rings is 2. The first-order valence-corrected chi connectivity index (χ1v) is 11.9. The van der Waals surface area contributed by atoms with E-state index in [0.29, 0.717) is 40.4 Å². The zero-order valence-corrected chi connectivity index (χ0v) is 20.3. The Morgan fingerprint density at radius 2 is 2.03 bits per heavy atom. The average Bonchev–Trinajstić information content (AvgIpc) is 2.84. The first-order chi connectivity index (χ1) is 16.4. The maximum absolute atomic E-state index is 13.2. The molecule has 1 amide bonds. The molecule has 0 aliphatic carbocycles. The Kier molecular flexibility index (Phi) is 7.07. The minimum absolute atomic E-state index is 0.148. The van der Waals surface area contributed by atoms with Crippen LogP contribution in [0.15, 0.2) is 65.1 Å². The third kappa shape index (κ3) is 4.72. The van der Waals surface area contributed by atoms with Crippen LogP contribution in [-0.2, 0) is 17.6 Å². The number of amides is 1. The van der Waals surface area contributed by atoms with Gasteiger partial charge in [-0.05, 0) is 35.7 Å². The van der Waals surface area contributed by atoms with E-state index >= 15 is 0 Å². The molecule has 34 heavy (non-hydrogen) atoms. The van der Waals surface area contributed by atoms with Gasteiger partial charge < -0.3 is 19.4 Å². The quantitative estimate of drug-likeness (QED) is 0.294. The van der Waals surface area contributed by atoms with Gasteiger partial charge in [-0.25, -0.2) is 0 Å². The molecule has 1 aromatic heterocycles. The standard InChI is InChI=1S/C26H27N3O4S/c1-5-12-33-20-11-10-17(13-21(20)32-4)19-14-22(30)27-24-23(19)25(31)28-26(29(24)3)34-15-18-9-7-6-8-16(18)2/h5-11,13,19H,1,12,14-15H2,2-4H3,(H,27,30)/t19-/m0/s1. The fourth-order valence-electron chi connectivity index (χ4n) is 4.03. The van der Waals surface area contributed by atoms with Gasteiger partial charge in [0.05, 0.1) is 12.7 Å². The van der Waals surface area contributed by atoms with Crippen molar-refractivity contribution in [2.24, 2.45) is 7.05 Å². The summed E-state index contributed by atoms with van der Waals surface area (Å²) in [6.45, 7) is 6.06. The number of carbonyl (C=O) groups excluding carboxylic acids is 1. The molecule has 0 fully saturated rings. The maximum atomic E-state index is 13.2. The van der Waals surface area contributed by atoms with Gasteiger partial charge in [-0.2, -0.15) is 4.98 Å². The normalized spacial score (nSPS) is 14.8. The number of aromatic nitrogens is 2. The zero-order valence-electron chi connectivity index (χ0n) is 19.5. The lowest BCUT2D eigenvalue weighted by molar-refractivity contribution is -0.116. The highest BCUT2D eigenvalue weighted by Gasteiger charge is 2.32. The largest absolute Gasteiger partial charge is 0.493 e. The summed E-state index contributed by atoms with van der Waals surface area (Å²) >= 11 is 1.47. The molecule has 1 aliphatic rings. The number of fused-ring (bicyclic) bond motifs is 1. The third-order valence-electron chi connectivity index (χ3n) is 5.87. The van der Waals surface area contributed by atoms with Crippen molar-refractivity contribution in [2.45, 2.75) is 30.2 Å². The molecule has 7 nitrogen and oxygen atoms in total. The van der Waals surface area contributed by atoms with Gasteiger partial charge in [0.25, 0.3) is 5.56 Å². The van der Waals surface area contributed by atoms with Gasteiger partial charge in [-0.3, -0.25) is 9.59 Å². The van der Waals surface area contributed by atoms with E-state index in [-0.39, 0.29) is 17.9 Å². The molecular formula is C26H27N3O4S. The Hall–Kier alpha value is -3.52. The minimum atomic E-state index is -0.437. The number of carbonyl (C=O) groups is 1. The Bertz CT molecular complexity index is 1300. The van der Waals surface area contributed by atoms with Gasteiger partial charge in [0.1, 0.15) is 12.4 Å². The highest BCUT2D eigenvalue weighted by Crippen LogP contribution is 2.39. The molecule has 0 bridgehead atoms. The van der Waals surface area contributed by atoms with Gasteiger partial charge in [0, 0.05) is 25.1 Å². The predicted octanol–water partition coefficient (Wildman–Crippen LogP) is 4.43. The van der Waals surface area contributed by atoms with Crippen molar-refractivity contribution in [3.63, 3.8) is 0 Å². The molecular weight excluding hydrogens is 450 g/mol. The van der Waals surface area contributed by atoms with Gasteiger partial charge in [-0.15, -0.1) is 0 Å². The Labute approximate surface area is 202 Å². The Morgan fingerprint density at radius 1 is 1.24 bits per heavy atom. The number of methoxy groups -OCH3 is 1. The zero-order chi connectivity index (χ0) is 24.2. The van der Waals surface area contributed by atoms with Crippen molar-refractivity contribution in [3.05, 3.63) is 87.7 Å². The summed E-state index contributed by atoms with van der Waals surface area (Å²) in [7, 11) is 3.38. The Morgan fingerprint density at radius 3 is 2.76 bits per heavy atom. The fraction of sp³-hybridized carbons (Fsp3) is 0.269. The van der Waals surface area contributed by atoms with Crippen LogP contribution in [0.4, 0.5) is 5.82 Å². The second-order valence-electron chi connectivity index (χ2n) is 8.05. The summed E-state index contributed by atoms with van der Waals surface area (Å²) in [6.07, 6.45) is 1.80. The second kappa shape index (κ2) is 10.2. The van der Waals surface area contributed by atoms with Crippen LogP contribution in [0.2, 0.25) is 0 Å². The predicted molar refractivity (Wildman–Crippen MR) is 134 cm³/mol. The second-order valence-corrected chi connectivity index (χ2v) is 8.99. The summed E-state index contributed by atoms with van der Waals surface area (Å²) < 4.78 is 12.9. The summed E-state index contributed by atoms with van der Waals surface area (Å²) in [4.78, 5) is 30.2. The molecule has 1 aliphatic heterocycles. The van der Waals surface area contributed by atoms with Crippen LogP contribution in [0.3, 0.4) is 0 Å². The number of aryl methyl sites for hydroxylation is 1. The van der Waals surface area contributed by atoms with Crippen LogP contribution in [0.25, 0.3) is 0 Å². The third-order valence-corrected chi connectivity index (χ3v) is 6.94. The molecule has 2 aromatic carbocycles. The van der Waals surface area contributed by atoms with Gasteiger partial charge in [0.15, 0.2) is 16.7 Å². The molecule has 0 saturated carbocycles. The number of thioether (sulfide) groups is 1. The molecule has 0 saturated heterocycles. The van der Waals surface area contributed by atoms with E-state index < -0.39 is 5.92 Å². The average molecular weight is 478 g/mol. The van der Waals surface area contributed by atoms with Gasteiger partial charge in [0.2, 0.25) is 5.91 Å². The first kappa shape index (κ1) is 23.6. The minimum Gasteiger partial charge on any atom is -0.493 e. The van der Waals surface area contributed by atoms with E-state index in [1.807, 2.05) is 31.3 Å². The van der Waals surface area contributed by atoms with Crippen molar-refractivity contribution in [1.29, 1.82) is 0 Å². The van der Waals surface area contributed by atoms with E-state index in [0.717, 1.165) is 5.56 Å². The lowest BCUT2D eigenvalue weighted by Crippen LogP contribution is -2.33. The fourth-order valence-corrected chi connectivity index (χ4v) is 5.07. The van der Waals surface area contributed by atoms with Gasteiger partial charge in [-0.1, -0.05) is 54.7 Å². The highest BCUT2D eigenvalue weighted by molar-refractivity contribution is 7.98. The molecule has 0 radical (unpaired) electrons. The van der Waals surface area contributed by atoms with Crippen molar-refractivity contribution in [2.75, 3.05) is 19.0 Å². The monoisotopic (exact) mass is 477 g/mol. The van der Waals surface area contributed by atoms with Crippen molar-refractivity contribution >= 4 is 23.5 Å². The van der Waals surface area contributed by atoms with Crippen molar-refractivity contribution < 1.29 is 14.3 Å². The molecule has 0 unspecified atom stereocenters. The molecule has 176 valence electrons. The number of hydrogen-bond acceptors (Lipinski definition) is 6. The van der Waals surface area contributed by atoms with Crippen LogP contribution in [-0.4, -0.2) is 29.2 Å². The van der Waals surface area contributed by atoms with E-state index in [1.165, 1.54) is 22.9 Å². The van der Waals surface area contributed by atoms with Crippen LogP contribution in [0, 0.1) is 6.92 Å². The summed E-state index contributed by atoms with van der Waals surface area (Å²) in [6, 6.07) is 13.6. The lowest BCUT2D eigenvalue weighted by atomic mass is 9.86. The van der Waals surface area contributed by atoms with Crippen LogP contribution >= 0.6 is 11.8 Å². The molecule has 8 heteroatoms. The summed E-state index contributed by atoms with van der Waals surface area (Å²) in [5, 5.41) is 3.44. The van der Waals surface area contributed by atoms with Gasteiger partial charge >= 0.3 is 0 Å². The molecule has 0 spiro atoms.